The summed E-state index contributed by atoms with van der Waals surface area (Å²) in [7, 11) is -3.98. The highest BCUT2D eigenvalue weighted by molar-refractivity contribution is 7.89. The lowest BCUT2D eigenvalue weighted by Gasteiger charge is -2.14. The van der Waals surface area contributed by atoms with Gasteiger partial charge in [-0.1, -0.05) is 0 Å². The highest BCUT2D eigenvalue weighted by Crippen LogP contribution is 2.38. The Kier molecular flexibility index (Phi) is 4.50. The van der Waals surface area contributed by atoms with Crippen molar-refractivity contribution in [2.24, 2.45) is 5.14 Å². The van der Waals surface area contributed by atoms with E-state index in [2.05, 4.69) is 4.74 Å². The molecule has 0 radical (unpaired) electrons. The van der Waals surface area contributed by atoms with Gasteiger partial charge in [0.1, 0.15) is 4.90 Å². The molecule has 2 aromatic carbocycles. The maximum Gasteiger partial charge on any atom is 0.241 e. The van der Waals surface area contributed by atoms with Crippen LogP contribution in [0.1, 0.15) is 0 Å². The zero-order chi connectivity index (χ0) is 18.4. The molecule has 0 bridgehead atoms. The van der Waals surface area contributed by atoms with Crippen molar-refractivity contribution >= 4 is 10.0 Å². The van der Waals surface area contributed by atoms with E-state index < -0.39 is 66.7 Å². The number of halogens is 6. The lowest BCUT2D eigenvalue weighted by Crippen LogP contribution is -2.17. The first kappa shape index (κ1) is 18.1. The van der Waals surface area contributed by atoms with Crippen molar-refractivity contribution in [2.45, 2.75) is 4.90 Å². The first-order valence-electron chi connectivity index (χ1n) is 5.93. The summed E-state index contributed by atoms with van der Waals surface area (Å²) in [4.78, 5) is -1.47. The Morgan fingerprint density at radius 3 is 1.71 bits per heavy atom. The van der Waals surface area contributed by atoms with Crippen LogP contribution in [0.3, 0.4) is 0 Å². The van der Waals surface area contributed by atoms with Crippen molar-refractivity contribution < 1.29 is 39.5 Å². The van der Waals surface area contributed by atoms with E-state index in [0.717, 1.165) is 13.2 Å². The summed E-state index contributed by atoms with van der Waals surface area (Å²) in [5.74, 6) is -14.0. The first-order valence-corrected chi connectivity index (χ1v) is 7.48. The van der Waals surface area contributed by atoms with Crippen LogP contribution in [0, 0.1) is 34.9 Å². The predicted molar refractivity (Wildman–Crippen MR) is 69.6 cm³/mol. The second-order valence-electron chi connectivity index (χ2n) is 4.45. The van der Waals surface area contributed by atoms with Crippen LogP contribution in [0.15, 0.2) is 17.0 Å². The highest BCUT2D eigenvalue weighted by atomic mass is 32.2. The number of primary sulfonamides is 1. The lowest BCUT2D eigenvalue weighted by atomic mass is 10.0. The van der Waals surface area contributed by atoms with E-state index >= 15 is 0 Å². The molecule has 2 N–H and O–H groups in total. The van der Waals surface area contributed by atoms with Gasteiger partial charge < -0.3 is 4.74 Å². The molecule has 0 saturated carbocycles. The fraction of sp³-hybridized carbons (Fsp3) is 0.0769. The van der Waals surface area contributed by atoms with Crippen LogP contribution in [0.4, 0.5) is 26.3 Å². The molecule has 24 heavy (non-hydrogen) atoms. The Morgan fingerprint density at radius 1 is 0.833 bits per heavy atom. The fourth-order valence-electron chi connectivity index (χ4n) is 2.01. The first-order chi connectivity index (χ1) is 11.0. The average Bonchev–Trinajstić information content (AvgIpc) is 2.50. The van der Waals surface area contributed by atoms with Gasteiger partial charge in [0.2, 0.25) is 15.8 Å². The third-order valence-corrected chi connectivity index (χ3v) is 4.01. The minimum atomic E-state index is -4.94. The van der Waals surface area contributed by atoms with E-state index in [4.69, 9.17) is 5.14 Å². The molecule has 0 fully saturated rings. The molecule has 130 valence electrons. The molecule has 0 saturated heterocycles. The molecule has 0 aliphatic heterocycles. The second-order valence-corrected chi connectivity index (χ2v) is 5.95. The number of rotatable bonds is 3. The number of methoxy groups -OCH3 is 1. The van der Waals surface area contributed by atoms with Crippen molar-refractivity contribution in [3.8, 4) is 16.9 Å². The summed E-state index contributed by atoms with van der Waals surface area (Å²) in [5, 5.41) is 4.80. The fourth-order valence-corrected chi connectivity index (χ4v) is 2.84. The van der Waals surface area contributed by atoms with Crippen molar-refractivity contribution in [3.05, 3.63) is 47.0 Å². The van der Waals surface area contributed by atoms with Gasteiger partial charge in [-0.15, -0.1) is 0 Å². The molecule has 0 aliphatic carbocycles. The molecule has 0 spiro atoms. The van der Waals surface area contributed by atoms with Gasteiger partial charge in [-0.05, 0) is 12.1 Å². The van der Waals surface area contributed by atoms with Crippen LogP contribution >= 0.6 is 0 Å². The van der Waals surface area contributed by atoms with Crippen molar-refractivity contribution in [3.63, 3.8) is 0 Å². The van der Waals surface area contributed by atoms with Gasteiger partial charge in [-0.3, -0.25) is 0 Å². The standard InChI is InChI=1S/C13H7F6NO3S/c1-23-5-3-2-4(13(7(5)14)24(20,21)22)6-8(15)10(17)12(19)11(18)9(6)16/h2-3H,1H3,(H2,20,21,22). The maximum absolute atomic E-state index is 14.2. The molecule has 0 aliphatic rings. The summed E-state index contributed by atoms with van der Waals surface area (Å²) in [6.07, 6.45) is 0. The largest absolute Gasteiger partial charge is 0.494 e. The molecule has 0 amide bonds. The van der Waals surface area contributed by atoms with E-state index in [1.165, 1.54) is 0 Å². The van der Waals surface area contributed by atoms with E-state index in [1.807, 2.05) is 0 Å². The minimum Gasteiger partial charge on any atom is -0.494 e. The molecule has 0 heterocycles. The Bertz CT molecular complexity index is 916. The Labute approximate surface area is 131 Å². The van der Waals surface area contributed by atoms with Crippen LogP contribution in [0.25, 0.3) is 11.1 Å². The third-order valence-electron chi connectivity index (χ3n) is 3.05. The normalized spacial score (nSPS) is 11.7. The van der Waals surface area contributed by atoms with Crippen LogP contribution in [-0.4, -0.2) is 15.5 Å². The van der Waals surface area contributed by atoms with Gasteiger partial charge in [-0.2, -0.15) is 0 Å². The topological polar surface area (TPSA) is 69.4 Å². The van der Waals surface area contributed by atoms with Crippen molar-refractivity contribution in [2.75, 3.05) is 7.11 Å². The van der Waals surface area contributed by atoms with Gasteiger partial charge in [0.05, 0.1) is 12.7 Å². The van der Waals surface area contributed by atoms with Gasteiger partial charge >= 0.3 is 0 Å². The quantitative estimate of drug-likeness (QED) is 0.513. The summed E-state index contributed by atoms with van der Waals surface area (Å²) in [5.41, 5.74) is -2.76. The second kappa shape index (κ2) is 5.98. The van der Waals surface area contributed by atoms with E-state index in [9.17, 15) is 34.8 Å². The average molecular weight is 371 g/mol. The van der Waals surface area contributed by atoms with Crippen LogP contribution in [0.2, 0.25) is 0 Å². The summed E-state index contributed by atoms with van der Waals surface area (Å²) < 4.78 is 109. The minimum absolute atomic E-state index is 0.611. The Morgan fingerprint density at radius 2 is 1.29 bits per heavy atom. The van der Waals surface area contributed by atoms with Gasteiger partial charge in [-0.25, -0.2) is 39.9 Å². The zero-order valence-corrected chi connectivity index (χ0v) is 12.4. The molecule has 2 aromatic rings. The van der Waals surface area contributed by atoms with E-state index in [0.29, 0.717) is 6.07 Å². The number of benzene rings is 2. The molecule has 0 atom stereocenters. The van der Waals surface area contributed by atoms with Crippen LogP contribution in [-0.2, 0) is 10.0 Å². The number of hydrogen-bond acceptors (Lipinski definition) is 3. The molecular weight excluding hydrogens is 364 g/mol. The summed E-state index contributed by atoms with van der Waals surface area (Å²) in [6.45, 7) is 0. The van der Waals surface area contributed by atoms with Gasteiger partial charge in [0.15, 0.2) is 34.8 Å². The van der Waals surface area contributed by atoms with Gasteiger partial charge in [0.25, 0.3) is 0 Å². The highest BCUT2D eigenvalue weighted by Gasteiger charge is 2.32. The summed E-state index contributed by atoms with van der Waals surface area (Å²) in [6, 6.07) is 1.36. The monoisotopic (exact) mass is 371 g/mol. The molecule has 2 rings (SSSR count). The van der Waals surface area contributed by atoms with Crippen LogP contribution in [0.5, 0.6) is 5.75 Å². The molecular formula is C13H7F6NO3S. The smallest absolute Gasteiger partial charge is 0.241 e. The SMILES string of the molecule is COc1ccc(-c2c(F)c(F)c(F)c(F)c2F)c(S(N)(=O)=O)c1F. The zero-order valence-electron chi connectivity index (χ0n) is 11.6. The molecule has 4 nitrogen and oxygen atoms in total. The van der Waals surface area contributed by atoms with E-state index in [-0.39, 0.29) is 0 Å². The van der Waals surface area contributed by atoms with Crippen molar-refractivity contribution in [1.82, 2.24) is 0 Å². The lowest BCUT2D eigenvalue weighted by molar-refractivity contribution is 0.377. The van der Waals surface area contributed by atoms with Crippen LogP contribution < -0.4 is 9.88 Å². The van der Waals surface area contributed by atoms with E-state index in [1.54, 1.807) is 0 Å². The Balaban J connectivity index is 3.03. The summed E-state index contributed by atoms with van der Waals surface area (Å²) >= 11 is 0. The molecule has 0 aromatic heterocycles. The molecule has 11 heteroatoms. The number of ether oxygens (including phenoxy) is 1. The number of sulfonamides is 1. The predicted octanol–water partition coefficient (Wildman–Crippen LogP) is 2.84. The maximum atomic E-state index is 14.2. The number of hydrogen-bond donors (Lipinski definition) is 1. The number of nitrogens with two attached hydrogens (primary N) is 1. The molecule has 0 unspecified atom stereocenters. The van der Waals surface area contributed by atoms with Crippen molar-refractivity contribution in [1.29, 1.82) is 0 Å². The third kappa shape index (κ3) is 2.69. The van der Waals surface area contributed by atoms with Gasteiger partial charge in [0, 0.05) is 5.56 Å². The Hall–Kier alpha value is -2.27.